The second-order valence-electron chi connectivity index (χ2n) is 6.17. The predicted molar refractivity (Wildman–Crippen MR) is 87.9 cm³/mol. The Labute approximate surface area is 129 Å². The van der Waals surface area contributed by atoms with E-state index in [1.807, 2.05) is 0 Å². The summed E-state index contributed by atoms with van der Waals surface area (Å²) < 4.78 is 25.0. The van der Waals surface area contributed by atoms with Crippen LogP contribution in [0.3, 0.4) is 0 Å². The van der Waals surface area contributed by atoms with Crippen molar-refractivity contribution in [3.8, 4) is 0 Å². The molecule has 0 unspecified atom stereocenters. The summed E-state index contributed by atoms with van der Waals surface area (Å²) in [6.07, 6.45) is 11.8. The highest BCUT2D eigenvalue weighted by Crippen LogP contribution is 2.22. The Hall–Kier alpha value is -0.580. The first-order chi connectivity index (χ1) is 10.1. The molecule has 0 saturated heterocycles. The molecule has 0 aromatic rings. The average molecular weight is 317 g/mol. The van der Waals surface area contributed by atoms with Crippen molar-refractivity contribution in [2.75, 3.05) is 5.75 Å². The van der Waals surface area contributed by atoms with Crippen LogP contribution < -0.4 is 0 Å². The molecule has 0 aromatic heterocycles. The van der Waals surface area contributed by atoms with Gasteiger partial charge in [-0.15, -0.1) is 0 Å². The molecule has 124 valence electrons. The fourth-order valence-electron chi connectivity index (χ4n) is 3.04. The summed E-state index contributed by atoms with van der Waals surface area (Å²) in [7, 11) is -3.17. The van der Waals surface area contributed by atoms with Crippen molar-refractivity contribution in [2.24, 2.45) is 5.16 Å². The Morgan fingerprint density at radius 3 is 2.43 bits per heavy atom. The molecule has 1 N–H and O–H groups in total. The van der Waals surface area contributed by atoms with E-state index in [-0.39, 0.29) is 5.75 Å². The number of hydrogen-bond acceptors (Lipinski definition) is 4. The molecular weight excluding hydrogens is 286 g/mol. The lowest BCUT2D eigenvalue weighted by molar-refractivity contribution is 0.315. The number of hydrogen-bond donors (Lipinski definition) is 1. The highest BCUT2D eigenvalue weighted by Gasteiger charge is 2.30. The molecule has 1 aliphatic rings. The molecular formula is C16H31NO3S. The Bertz CT molecular complexity index is 404. The molecule has 0 amide bonds. The molecule has 0 heterocycles. The third-order valence-corrected chi connectivity index (χ3v) is 6.60. The lowest BCUT2D eigenvalue weighted by atomic mass is 9.99. The summed E-state index contributed by atoms with van der Waals surface area (Å²) in [6, 6.07) is 0. The van der Waals surface area contributed by atoms with Crippen LogP contribution in [0.5, 0.6) is 0 Å². The number of nitrogens with zero attached hydrogens (tertiary/aromatic N) is 1. The second kappa shape index (κ2) is 10.2. The van der Waals surface area contributed by atoms with Gasteiger partial charge >= 0.3 is 0 Å². The Morgan fingerprint density at radius 1 is 1.05 bits per heavy atom. The van der Waals surface area contributed by atoms with Gasteiger partial charge in [0, 0.05) is 0 Å². The lowest BCUT2D eigenvalue weighted by Crippen LogP contribution is -2.33. The van der Waals surface area contributed by atoms with Crippen molar-refractivity contribution < 1.29 is 13.6 Å². The van der Waals surface area contributed by atoms with E-state index in [4.69, 9.17) is 5.21 Å². The van der Waals surface area contributed by atoms with Crippen molar-refractivity contribution in [3.05, 3.63) is 0 Å². The van der Waals surface area contributed by atoms with Crippen molar-refractivity contribution in [3.63, 3.8) is 0 Å². The van der Waals surface area contributed by atoms with Gasteiger partial charge in [-0.3, -0.25) is 0 Å². The largest absolute Gasteiger partial charge is 0.411 e. The molecule has 1 rings (SSSR count). The van der Waals surface area contributed by atoms with Gasteiger partial charge in [-0.1, -0.05) is 63.4 Å². The van der Waals surface area contributed by atoms with Crippen LogP contribution in [0.4, 0.5) is 0 Å². The van der Waals surface area contributed by atoms with Crippen molar-refractivity contribution >= 4 is 15.5 Å². The highest BCUT2D eigenvalue weighted by atomic mass is 32.2. The molecule has 0 bridgehead atoms. The van der Waals surface area contributed by atoms with E-state index in [9.17, 15) is 8.42 Å². The number of rotatable bonds is 8. The average Bonchev–Trinajstić information content (AvgIpc) is 2.42. The molecule has 1 atom stereocenters. The molecule has 1 fully saturated rings. The maximum atomic E-state index is 12.5. The summed E-state index contributed by atoms with van der Waals surface area (Å²) in [5, 5.41) is 11.9. The van der Waals surface area contributed by atoms with Gasteiger partial charge in [0.25, 0.3) is 0 Å². The minimum Gasteiger partial charge on any atom is -0.411 e. The van der Waals surface area contributed by atoms with Crippen molar-refractivity contribution in [1.29, 1.82) is 0 Å². The first-order valence-electron chi connectivity index (χ1n) is 8.54. The maximum Gasteiger partial charge on any atom is 0.158 e. The van der Waals surface area contributed by atoms with E-state index in [1.54, 1.807) is 0 Å². The van der Waals surface area contributed by atoms with Crippen LogP contribution in [-0.4, -0.2) is 30.3 Å². The normalized spacial score (nSPS) is 22.9. The van der Waals surface area contributed by atoms with Gasteiger partial charge in [0.15, 0.2) is 9.84 Å². The van der Waals surface area contributed by atoms with Crippen LogP contribution in [0.2, 0.25) is 0 Å². The van der Waals surface area contributed by atoms with Crippen molar-refractivity contribution in [2.45, 2.75) is 89.2 Å². The van der Waals surface area contributed by atoms with Crippen LogP contribution >= 0.6 is 0 Å². The quantitative estimate of drug-likeness (QED) is 0.412. The molecule has 5 heteroatoms. The molecule has 0 radical (unpaired) electrons. The standard InChI is InChI=1S/C16H31NO3S/c1-2-3-4-5-8-11-14-21(19,20)16-13-10-7-6-9-12-15(16)17-18/h16,18H,2-14H2,1H3/b17-15-/t16-/m0/s1. The second-order valence-corrected chi connectivity index (χ2v) is 8.47. The van der Waals surface area contributed by atoms with Gasteiger partial charge in [-0.2, -0.15) is 0 Å². The minimum absolute atomic E-state index is 0.239. The molecule has 0 aromatic carbocycles. The molecule has 0 aliphatic heterocycles. The lowest BCUT2D eigenvalue weighted by Gasteiger charge is -2.21. The third kappa shape index (κ3) is 6.81. The van der Waals surface area contributed by atoms with E-state index < -0.39 is 15.1 Å². The Balaban J connectivity index is 2.49. The maximum absolute atomic E-state index is 12.5. The smallest absolute Gasteiger partial charge is 0.158 e. The van der Waals surface area contributed by atoms with E-state index in [1.165, 1.54) is 19.3 Å². The van der Waals surface area contributed by atoms with Gasteiger partial charge < -0.3 is 5.21 Å². The van der Waals surface area contributed by atoms with E-state index in [2.05, 4.69) is 12.1 Å². The molecule has 21 heavy (non-hydrogen) atoms. The number of oxime groups is 1. The Morgan fingerprint density at radius 2 is 1.71 bits per heavy atom. The molecule has 0 spiro atoms. The topological polar surface area (TPSA) is 66.7 Å². The van der Waals surface area contributed by atoms with Gasteiger partial charge in [-0.05, 0) is 25.7 Å². The SMILES string of the molecule is CCCCCCCCS(=O)(=O)[C@H]1CCCCCC/C1=N/O. The third-order valence-electron chi connectivity index (χ3n) is 4.37. The van der Waals surface area contributed by atoms with Crippen LogP contribution in [-0.2, 0) is 9.84 Å². The zero-order valence-corrected chi connectivity index (χ0v) is 14.2. The zero-order valence-electron chi connectivity index (χ0n) is 13.4. The van der Waals surface area contributed by atoms with Gasteiger partial charge in [0.2, 0.25) is 0 Å². The zero-order chi connectivity index (χ0) is 15.6. The first-order valence-corrected chi connectivity index (χ1v) is 10.3. The van der Waals surface area contributed by atoms with Crippen LogP contribution in [0.15, 0.2) is 5.16 Å². The molecule has 4 nitrogen and oxygen atoms in total. The van der Waals surface area contributed by atoms with Gasteiger partial charge in [0.1, 0.15) is 5.25 Å². The van der Waals surface area contributed by atoms with Crippen LogP contribution in [0, 0.1) is 0 Å². The number of sulfone groups is 1. The predicted octanol–water partition coefficient (Wildman–Crippen LogP) is 4.31. The fourth-order valence-corrected chi connectivity index (χ4v) is 5.04. The molecule has 1 saturated carbocycles. The van der Waals surface area contributed by atoms with Crippen molar-refractivity contribution in [1.82, 2.24) is 0 Å². The molecule has 1 aliphatic carbocycles. The van der Waals surface area contributed by atoms with E-state index in [0.717, 1.165) is 44.9 Å². The Kier molecular flexibility index (Phi) is 8.97. The summed E-state index contributed by atoms with van der Waals surface area (Å²) in [5.74, 6) is 0.239. The number of unbranched alkanes of at least 4 members (excludes halogenated alkanes) is 5. The summed E-state index contributed by atoms with van der Waals surface area (Å²) in [4.78, 5) is 0. The highest BCUT2D eigenvalue weighted by molar-refractivity contribution is 7.92. The summed E-state index contributed by atoms with van der Waals surface area (Å²) in [5.41, 5.74) is 0.487. The first kappa shape index (κ1) is 18.5. The van der Waals surface area contributed by atoms with Gasteiger partial charge in [0.05, 0.1) is 11.5 Å². The summed E-state index contributed by atoms with van der Waals surface area (Å²) >= 11 is 0. The van der Waals surface area contributed by atoms with E-state index >= 15 is 0 Å². The van der Waals surface area contributed by atoms with Crippen LogP contribution in [0.25, 0.3) is 0 Å². The fraction of sp³-hybridized carbons (Fsp3) is 0.938. The minimum atomic E-state index is -3.17. The van der Waals surface area contributed by atoms with E-state index in [0.29, 0.717) is 18.6 Å². The van der Waals surface area contributed by atoms with Crippen LogP contribution in [0.1, 0.15) is 84.0 Å². The summed E-state index contributed by atoms with van der Waals surface area (Å²) in [6.45, 7) is 2.18. The van der Waals surface area contributed by atoms with Gasteiger partial charge in [-0.25, -0.2) is 8.42 Å². The monoisotopic (exact) mass is 317 g/mol.